The van der Waals surface area contributed by atoms with Crippen LogP contribution in [0.5, 0.6) is 5.75 Å². The minimum Gasteiger partial charge on any atom is -0.506 e. The van der Waals surface area contributed by atoms with Gasteiger partial charge in [-0.25, -0.2) is 4.98 Å². The highest BCUT2D eigenvalue weighted by molar-refractivity contribution is 6.35. The Morgan fingerprint density at radius 2 is 1.85 bits per heavy atom. The normalized spacial score (nSPS) is 14.5. The number of hydrogen-bond acceptors (Lipinski definition) is 6. The standard InChI is InChI=1S/C23H17N5O5/c1-2-28-15-8-4-3-6-11(15)19(30)16(23(28)33)17-13(22(32)27-26-17)10-14-18(29)12-7-5-9-24-20(12)25-21(14)31/h3-10,30H,2H2,1H3,(H,24,25,31)(H2,26,27,32). The van der Waals surface area contributed by atoms with Crippen LogP contribution in [-0.4, -0.2) is 36.5 Å². The summed E-state index contributed by atoms with van der Waals surface area (Å²) in [4.78, 5) is 55.4. The van der Waals surface area contributed by atoms with Crippen LogP contribution >= 0.6 is 0 Å². The number of rotatable bonds is 3. The Bertz CT molecular complexity index is 1620. The zero-order valence-corrected chi connectivity index (χ0v) is 17.3. The van der Waals surface area contributed by atoms with Crippen molar-refractivity contribution in [2.24, 2.45) is 0 Å². The van der Waals surface area contributed by atoms with Crippen molar-refractivity contribution in [3.05, 3.63) is 80.0 Å². The fourth-order valence-corrected chi connectivity index (χ4v) is 4.02. The van der Waals surface area contributed by atoms with Gasteiger partial charge in [-0.3, -0.25) is 29.4 Å². The maximum atomic E-state index is 13.3. The second-order valence-corrected chi connectivity index (χ2v) is 7.40. The monoisotopic (exact) mass is 443 g/mol. The number of H-pyrrole nitrogens is 2. The van der Waals surface area contributed by atoms with Crippen LogP contribution in [-0.2, 0) is 11.3 Å². The highest BCUT2D eigenvalue weighted by Gasteiger charge is 2.30. The number of aryl methyl sites for hydroxylation is 1. The molecule has 33 heavy (non-hydrogen) atoms. The Hall–Kier alpha value is -4.73. The number of aromatic hydroxyl groups is 1. The average Bonchev–Trinajstić information content (AvgIpc) is 3.17. The lowest BCUT2D eigenvalue weighted by Crippen LogP contribution is -2.28. The third kappa shape index (κ3) is 2.99. The molecule has 10 heteroatoms. The minimum absolute atomic E-state index is 0.0273. The van der Waals surface area contributed by atoms with Gasteiger partial charge in [0.2, 0.25) is 5.78 Å². The molecule has 0 fully saturated rings. The van der Waals surface area contributed by atoms with E-state index in [0.29, 0.717) is 17.4 Å². The smallest absolute Gasteiger partial charge is 0.271 e. The number of amides is 1. The second kappa shape index (κ2) is 7.45. The van der Waals surface area contributed by atoms with Crippen molar-refractivity contribution in [1.29, 1.82) is 0 Å². The van der Waals surface area contributed by atoms with E-state index >= 15 is 0 Å². The first-order valence-corrected chi connectivity index (χ1v) is 10.1. The van der Waals surface area contributed by atoms with Crippen molar-refractivity contribution in [1.82, 2.24) is 19.7 Å². The van der Waals surface area contributed by atoms with E-state index in [1.165, 1.54) is 16.8 Å². The number of hydrogen-bond donors (Lipinski definition) is 4. The number of nitrogens with one attached hydrogen (secondary N) is 3. The van der Waals surface area contributed by atoms with E-state index in [1.54, 1.807) is 37.3 Å². The molecule has 4 N–H and O–H groups in total. The lowest BCUT2D eigenvalue weighted by Gasteiger charge is -2.16. The van der Waals surface area contributed by atoms with E-state index in [1.807, 2.05) is 0 Å². The first-order chi connectivity index (χ1) is 15.9. The number of Topliss-reactive ketones (excluding diaryl/α,β-unsaturated/α-hetero) is 1. The summed E-state index contributed by atoms with van der Waals surface area (Å²) in [6.07, 6.45) is 2.56. The number of aromatic nitrogens is 4. The number of nitrogens with zero attached hydrogens (tertiary/aromatic N) is 2. The molecule has 0 saturated heterocycles. The zero-order valence-electron chi connectivity index (χ0n) is 17.3. The van der Waals surface area contributed by atoms with E-state index in [4.69, 9.17) is 0 Å². The van der Waals surface area contributed by atoms with E-state index in [-0.39, 0.29) is 39.5 Å². The summed E-state index contributed by atoms with van der Waals surface area (Å²) in [6, 6.07) is 9.90. The Balaban J connectivity index is 1.76. The van der Waals surface area contributed by atoms with E-state index in [2.05, 4.69) is 20.5 Å². The van der Waals surface area contributed by atoms with E-state index in [0.717, 1.165) is 6.08 Å². The summed E-state index contributed by atoms with van der Waals surface area (Å²) in [5, 5.41) is 18.9. The van der Waals surface area contributed by atoms with E-state index < -0.39 is 22.8 Å². The molecule has 3 aromatic heterocycles. The molecule has 4 aromatic rings. The molecule has 0 spiro atoms. The Labute approximate surface area is 185 Å². The van der Waals surface area contributed by atoms with Gasteiger partial charge in [0.25, 0.3) is 17.0 Å². The number of aromatic amines is 2. The van der Waals surface area contributed by atoms with Crippen LogP contribution in [0.1, 0.15) is 22.8 Å². The minimum atomic E-state index is -0.730. The molecule has 1 aromatic carbocycles. The van der Waals surface area contributed by atoms with Crippen molar-refractivity contribution in [2.45, 2.75) is 13.5 Å². The Kier molecular flexibility index (Phi) is 4.56. The lowest BCUT2D eigenvalue weighted by molar-refractivity contribution is -0.112. The van der Waals surface area contributed by atoms with Crippen LogP contribution in [0, 0.1) is 0 Å². The number of para-hydroxylation sites is 1. The lowest BCUT2D eigenvalue weighted by atomic mass is 9.96. The molecule has 10 nitrogen and oxygen atoms in total. The largest absolute Gasteiger partial charge is 0.506 e. The predicted molar refractivity (Wildman–Crippen MR) is 121 cm³/mol. The van der Waals surface area contributed by atoms with Gasteiger partial charge in [-0.15, -0.1) is 0 Å². The molecule has 4 heterocycles. The number of benzene rings is 1. The fraction of sp³-hybridized carbons (Fsp3) is 0.0870. The summed E-state index contributed by atoms with van der Waals surface area (Å²) < 4.78 is 1.47. The van der Waals surface area contributed by atoms with Crippen LogP contribution in [0.3, 0.4) is 0 Å². The van der Waals surface area contributed by atoms with Crippen LogP contribution in [0.4, 0.5) is 5.82 Å². The molecule has 0 unspecified atom stereocenters. The molecule has 5 rings (SSSR count). The predicted octanol–water partition coefficient (Wildman–Crippen LogP) is 2.02. The summed E-state index contributed by atoms with van der Waals surface area (Å²) in [5.41, 5.74) is -1.08. The molecule has 1 amide bonds. The summed E-state index contributed by atoms with van der Waals surface area (Å²) >= 11 is 0. The second-order valence-electron chi connectivity index (χ2n) is 7.40. The third-order valence-electron chi connectivity index (χ3n) is 5.59. The maximum absolute atomic E-state index is 13.3. The molecule has 0 atom stereocenters. The Morgan fingerprint density at radius 3 is 2.64 bits per heavy atom. The third-order valence-corrected chi connectivity index (χ3v) is 5.59. The topological polar surface area (TPSA) is 150 Å². The first kappa shape index (κ1) is 20.2. The number of pyridine rings is 2. The van der Waals surface area contributed by atoms with Crippen molar-refractivity contribution >= 4 is 34.5 Å². The van der Waals surface area contributed by atoms with Gasteiger partial charge in [0, 0.05) is 18.1 Å². The molecule has 0 radical (unpaired) electrons. The summed E-state index contributed by atoms with van der Waals surface area (Å²) in [5.74, 6) is -1.52. The Morgan fingerprint density at radius 1 is 1.06 bits per heavy atom. The van der Waals surface area contributed by atoms with Gasteiger partial charge in [-0.05, 0) is 37.3 Å². The number of anilines is 1. The van der Waals surface area contributed by atoms with Crippen LogP contribution in [0.15, 0.2) is 57.8 Å². The van der Waals surface area contributed by atoms with Gasteiger partial charge < -0.3 is 15.0 Å². The van der Waals surface area contributed by atoms with Gasteiger partial charge in [0.1, 0.15) is 17.1 Å². The number of fused-ring (bicyclic) bond motifs is 2. The quantitative estimate of drug-likeness (QED) is 0.281. The zero-order chi connectivity index (χ0) is 23.3. The highest BCUT2D eigenvalue weighted by atomic mass is 16.3. The molecule has 1 aliphatic heterocycles. The fourth-order valence-electron chi connectivity index (χ4n) is 4.02. The molecule has 1 aliphatic rings. The molecular weight excluding hydrogens is 426 g/mol. The maximum Gasteiger partial charge on any atom is 0.271 e. The van der Waals surface area contributed by atoms with Gasteiger partial charge >= 0.3 is 0 Å². The van der Waals surface area contributed by atoms with Gasteiger partial charge in [0.15, 0.2) is 0 Å². The van der Waals surface area contributed by atoms with Gasteiger partial charge in [-0.2, -0.15) is 0 Å². The van der Waals surface area contributed by atoms with Crippen molar-refractivity contribution in [3.8, 4) is 17.0 Å². The van der Waals surface area contributed by atoms with Crippen molar-refractivity contribution in [2.75, 3.05) is 5.32 Å². The van der Waals surface area contributed by atoms with Crippen LogP contribution in [0.2, 0.25) is 0 Å². The molecule has 164 valence electrons. The number of carbonyl (C=O) groups is 2. The van der Waals surface area contributed by atoms with Gasteiger partial charge in [-0.1, -0.05) is 12.1 Å². The van der Waals surface area contributed by atoms with E-state index in [9.17, 15) is 24.3 Å². The van der Waals surface area contributed by atoms with Crippen molar-refractivity contribution < 1.29 is 14.7 Å². The van der Waals surface area contributed by atoms with Gasteiger partial charge in [0.05, 0.1) is 27.9 Å². The SMILES string of the molecule is CCn1c(=O)c(-c2[nH][nH]c(=O)c2C=C2C(=O)Nc3ncccc3C2=O)c(O)c2ccccc21. The summed E-state index contributed by atoms with van der Waals surface area (Å²) in [6.45, 7) is 2.11. The van der Waals surface area contributed by atoms with Crippen molar-refractivity contribution in [3.63, 3.8) is 0 Å². The highest BCUT2D eigenvalue weighted by Crippen LogP contribution is 2.34. The number of ketones is 1. The van der Waals surface area contributed by atoms with Crippen LogP contribution in [0.25, 0.3) is 28.2 Å². The number of carbonyl (C=O) groups excluding carboxylic acids is 2. The molecular formula is C23H17N5O5. The first-order valence-electron chi connectivity index (χ1n) is 10.1. The molecule has 0 saturated carbocycles. The molecule has 0 bridgehead atoms. The summed E-state index contributed by atoms with van der Waals surface area (Å²) in [7, 11) is 0. The molecule has 0 aliphatic carbocycles. The average molecular weight is 443 g/mol. The van der Waals surface area contributed by atoms with Crippen LogP contribution < -0.4 is 16.4 Å².